The number of pyridine rings is 1. The van der Waals surface area contributed by atoms with Crippen molar-refractivity contribution in [2.24, 2.45) is 5.92 Å². The zero-order chi connectivity index (χ0) is 17.3. The molecule has 1 unspecified atom stereocenters. The molecule has 3 nitrogen and oxygen atoms in total. The Labute approximate surface area is 139 Å². The van der Waals surface area contributed by atoms with Gasteiger partial charge in [0.2, 0.25) is 0 Å². The molecule has 0 saturated heterocycles. The number of nitrogens with zero attached hydrogens (tertiary/aromatic N) is 1. The molecule has 1 aromatic carbocycles. The average Bonchev–Trinajstić information content (AvgIpc) is 2.99. The number of hydrogen-bond donors (Lipinski definition) is 0. The molecule has 3 rings (SSSR count). The Morgan fingerprint density at radius 3 is 2.25 bits per heavy atom. The number of rotatable bonds is 4. The normalized spacial score (nSPS) is 17.5. The molecule has 1 aromatic heterocycles. The molecule has 1 heterocycles. The van der Waals surface area contributed by atoms with Gasteiger partial charge in [0.25, 0.3) is 0 Å². The van der Waals surface area contributed by atoms with E-state index >= 15 is 0 Å². The van der Waals surface area contributed by atoms with Gasteiger partial charge in [-0.2, -0.15) is 0 Å². The van der Waals surface area contributed by atoms with Crippen LogP contribution in [0, 0.1) is 11.7 Å². The molecule has 0 spiro atoms. The van der Waals surface area contributed by atoms with Gasteiger partial charge < -0.3 is 0 Å². The Morgan fingerprint density at radius 1 is 1.04 bits per heavy atom. The minimum absolute atomic E-state index is 0.220. The second kappa shape index (κ2) is 6.28. The van der Waals surface area contributed by atoms with Crippen molar-refractivity contribution >= 4 is 21.0 Å². The van der Waals surface area contributed by atoms with Crippen LogP contribution in [0.15, 0.2) is 59.6 Å². The summed E-state index contributed by atoms with van der Waals surface area (Å²) in [5, 5.41) is 0. The third-order valence-electron chi connectivity index (χ3n) is 3.83. The predicted molar refractivity (Wildman–Crippen MR) is 89.2 cm³/mol. The second-order valence-electron chi connectivity index (χ2n) is 5.64. The lowest BCUT2D eigenvalue weighted by Crippen LogP contribution is -1.97. The molecule has 0 fully saturated rings. The van der Waals surface area contributed by atoms with Crippen LogP contribution in [0.1, 0.15) is 11.3 Å². The first-order valence-electron chi connectivity index (χ1n) is 7.31. The number of allylic oxidation sites excluding steroid dienone is 4. The van der Waals surface area contributed by atoms with Gasteiger partial charge in [-0.1, -0.05) is 24.3 Å². The van der Waals surface area contributed by atoms with Crippen molar-refractivity contribution in [3.63, 3.8) is 0 Å². The van der Waals surface area contributed by atoms with E-state index in [0.717, 1.165) is 23.6 Å². The van der Waals surface area contributed by atoms with Crippen LogP contribution in [0.4, 0.5) is 8.78 Å². The van der Waals surface area contributed by atoms with Gasteiger partial charge in [-0.25, -0.2) is 12.8 Å². The molecule has 1 atom stereocenters. The molecule has 1 aliphatic rings. The summed E-state index contributed by atoms with van der Waals surface area (Å²) in [5.74, 6) is -0.820. The summed E-state index contributed by atoms with van der Waals surface area (Å²) < 4.78 is 49.3. The van der Waals surface area contributed by atoms with Crippen LogP contribution < -0.4 is 0 Å². The van der Waals surface area contributed by atoms with E-state index in [2.05, 4.69) is 4.98 Å². The van der Waals surface area contributed by atoms with Crippen molar-refractivity contribution in [1.29, 1.82) is 0 Å². The van der Waals surface area contributed by atoms with E-state index in [1.807, 2.05) is 0 Å². The third-order valence-corrected chi connectivity index (χ3v) is 4.96. The maximum Gasteiger partial charge on any atom is 0.175 e. The molecule has 6 heteroatoms. The van der Waals surface area contributed by atoms with Crippen LogP contribution in [0.2, 0.25) is 0 Å². The average molecular weight is 347 g/mol. The topological polar surface area (TPSA) is 47.0 Å². The highest BCUT2D eigenvalue weighted by molar-refractivity contribution is 7.90. The number of halogens is 2. The number of benzene rings is 1. The molecule has 124 valence electrons. The van der Waals surface area contributed by atoms with Crippen LogP contribution in [0.3, 0.4) is 0 Å². The molecule has 0 amide bonds. The first-order valence-corrected chi connectivity index (χ1v) is 9.20. The summed E-state index contributed by atoms with van der Waals surface area (Å²) >= 11 is 0. The molecule has 2 aromatic rings. The van der Waals surface area contributed by atoms with E-state index in [1.54, 1.807) is 30.4 Å². The van der Waals surface area contributed by atoms with E-state index in [-0.39, 0.29) is 10.8 Å². The highest BCUT2D eigenvalue weighted by Crippen LogP contribution is 2.38. The SMILES string of the molecule is CS(=O)(=O)c1ccc(C2=CC(CF)C=C2c2ccc(F)cn2)cc1. The van der Waals surface area contributed by atoms with Crippen molar-refractivity contribution in [2.45, 2.75) is 4.90 Å². The lowest BCUT2D eigenvalue weighted by atomic mass is 9.98. The Kier molecular flexibility index (Phi) is 4.32. The summed E-state index contributed by atoms with van der Waals surface area (Å²) in [5.41, 5.74) is 2.78. The van der Waals surface area contributed by atoms with Gasteiger partial charge in [-0.05, 0) is 35.4 Å². The van der Waals surface area contributed by atoms with Crippen LogP contribution in [-0.2, 0) is 9.84 Å². The minimum atomic E-state index is -3.28. The first kappa shape index (κ1) is 16.5. The zero-order valence-electron chi connectivity index (χ0n) is 12.9. The molecular formula is C18H15F2NO2S. The summed E-state index contributed by atoms with van der Waals surface area (Å²) in [6, 6.07) is 9.24. The van der Waals surface area contributed by atoms with Crippen molar-refractivity contribution in [1.82, 2.24) is 4.98 Å². The Hall–Kier alpha value is -2.34. The van der Waals surface area contributed by atoms with Gasteiger partial charge in [-0.15, -0.1) is 0 Å². The summed E-state index contributed by atoms with van der Waals surface area (Å²) in [7, 11) is -3.28. The van der Waals surface area contributed by atoms with Crippen LogP contribution in [0.5, 0.6) is 0 Å². The fourth-order valence-corrected chi connectivity index (χ4v) is 3.27. The van der Waals surface area contributed by atoms with E-state index < -0.39 is 22.3 Å². The number of sulfone groups is 1. The van der Waals surface area contributed by atoms with Gasteiger partial charge >= 0.3 is 0 Å². The molecular weight excluding hydrogens is 332 g/mol. The lowest BCUT2D eigenvalue weighted by molar-refractivity contribution is 0.455. The second-order valence-corrected chi connectivity index (χ2v) is 7.65. The maximum atomic E-state index is 13.1. The summed E-state index contributed by atoms with van der Waals surface area (Å²) in [6.07, 6.45) is 5.78. The van der Waals surface area contributed by atoms with E-state index in [0.29, 0.717) is 11.3 Å². The minimum Gasteiger partial charge on any atom is -0.253 e. The van der Waals surface area contributed by atoms with E-state index in [1.165, 1.54) is 18.2 Å². The Balaban J connectivity index is 2.01. The number of alkyl halides is 1. The van der Waals surface area contributed by atoms with Crippen molar-refractivity contribution in [3.05, 3.63) is 71.8 Å². The lowest BCUT2D eigenvalue weighted by Gasteiger charge is -2.09. The standard InChI is InChI=1S/C18H15F2NO2S/c1-24(22,23)15-5-2-13(3-6-15)16-8-12(10-19)9-17(16)18-7-4-14(20)11-21-18/h2-9,11-12H,10H2,1H3. The predicted octanol–water partition coefficient (Wildman–Crippen LogP) is 3.69. The van der Waals surface area contributed by atoms with Crippen LogP contribution in [-0.4, -0.2) is 26.3 Å². The summed E-state index contributed by atoms with van der Waals surface area (Å²) in [6.45, 7) is -0.546. The molecule has 0 bridgehead atoms. The largest absolute Gasteiger partial charge is 0.253 e. The van der Waals surface area contributed by atoms with Crippen molar-refractivity contribution in [2.75, 3.05) is 12.9 Å². The third kappa shape index (κ3) is 3.28. The van der Waals surface area contributed by atoms with Gasteiger partial charge in [0.1, 0.15) is 5.82 Å². The Morgan fingerprint density at radius 2 is 1.71 bits per heavy atom. The fraction of sp³-hybridized carbons (Fsp3) is 0.167. The summed E-state index contributed by atoms with van der Waals surface area (Å²) in [4.78, 5) is 4.28. The molecule has 24 heavy (non-hydrogen) atoms. The molecule has 0 saturated carbocycles. The highest BCUT2D eigenvalue weighted by atomic mass is 32.2. The van der Waals surface area contributed by atoms with Gasteiger partial charge in [0, 0.05) is 17.7 Å². The van der Waals surface area contributed by atoms with E-state index in [4.69, 9.17) is 0 Å². The molecule has 1 aliphatic carbocycles. The van der Waals surface area contributed by atoms with Crippen molar-refractivity contribution < 1.29 is 17.2 Å². The van der Waals surface area contributed by atoms with Gasteiger partial charge in [-0.3, -0.25) is 9.37 Å². The van der Waals surface area contributed by atoms with Crippen molar-refractivity contribution in [3.8, 4) is 0 Å². The molecule has 0 aliphatic heterocycles. The Bertz CT molecular complexity index is 914. The highest BCUT2D eigenvalue weighted by Gasteiger charge is 2.21. The van der Waals surface area contributed by atoms with Crippen LogP contribution >= 0.6 is 0 Å². The molecule has 0 N–H and O–H groups in total. The van der Waals surface area contributed by atoms with Crippen LogP contribution in [0.25, 0.3) is 11.1 Å². The number of hydrogen-bond acceptors (Lipinski definition) is 3. The molecule has 0 radical (unpaired) electrons. The fourth-order valence-electron chi connectivity index (χ4n) is 2.64. The monoisotopic (exact) mass is 347 g/mol. The zero-order valence-corrected chi connectivity index (χ0v) is 13.7. The first-order chi connectivity index (χ1) is 11.4. The van der Waals surface area contributed by atoms with Gasteiger partial charge in [0.05, 0.1) is 23.5 Å². The maximum absolute atomic E-state index is 13.1. The smallest absolute Gasteiger partial charge is 0.175 e. The quantitative estimate of drug-likeness (QED) is 0.847. The van der Waals surface area contributed by atoms with Gasteiger partial charge in [0.15, 0.2) is 9.84 Å². The number of aromatic nitrogens is 1. The van der Waals surface area contributed by atoms with E-state index in [9.17, 15) is 17.2 Å².